The highest BCUT2D eigenvalue weighted by atomic mass is 32.1. The van der Waals surface area contributed by atoms with Gasteiger partial charge in [0, 0.05) is 4.88 Å². The van der Waals surface area contributed by atoms with Crippen LogP contribution in [0.15, 0.2) is 17.5 Å². The molecule has 90 valence electrons. The third-order valence-corrected chi connectivity index (χ3v) is 4.09. The lowest BCUT2D eigenvalue weighted by Gasteiger charge is -2.27. The highest BCUT2D eigenvalue weighted by Gasteiger charge is 2.30. The molecule has 1 rings (SSSR count). The van der Waals surface area contributed by atoms with Crippen molar-refractivity contribution < 1.29 is 4.79 Å². The van der Waals surface area contributed by atoms with E-state index >= 15 is 0 Å². The molecule has 1 aromatic rings. The summed E-state index contributed by atoms with van der Waals surface area (Å²) in [7, 11) is 0. The van der Waals surface area contributed by atoms with Gasteiger partial charge in [0.05, 0.1) is 11.6 Å². The minimum absolute atomic E-state index is 0.0357. The highest BCUT2D eigenvalue weighted by Crippen LogP contribution is 2.20. The molecular weight excluding hydrogens is 220 g/mol. The number of hydrogen-bond donors (Lipinski definition) is 2. The molecule has 0 aromatic carbocycles. The van der Waals surface area contributed by atoms with E-state index in [1.807, 2.05) is 38.3 Å². The summed E-state index contributed by atoms with van der Waals surface area (Å²) in [4.78, 5) is 13.2. The molecule has 0 spiro atoms. The quantitative estimate of drug-likeness (QED) is 0.830. The van der Waals surface area contributed by atoms with E-state index in [0.29, 0.717) is 12.8 Å². The first-order valence-corrected chi connectivity index (χ1v) is 6.54. The summed E-state index contributed by atoms with van der Waals surface area (Å²) in [5.41, 5.74) is 5.30. The maximum Gasteiger partial charge on any atom is 0.240 e. The normalized spacial score (nSPS) is 13.5. The summed E-state index contributed by atoms with van der Waals surface area (Å²) in [6, 6.07) is 4.04. The molecule has 0 fully saturated rings. The molecule has 1 atom stereocenters. The molecule has 0 unspecified atom stereocenters. The molecule has 3 N–H and O–H groups in total. The van der Waals surface area contributed by atoms with E-state index in [2.05, 4.69) is 5.32 Å². The number of nitrogens with one attached hydrogen (secondary N) is 1. The fourth-order valence-electron chi connectivity index (χ4n) is 1.52. The lowest BCUT2D eigenvalue weighted by molar-refractivity contribution is -0.127. The first kappa shape index (κ1) is 13.2. The summed E-state index contributed by atoms with van der Waals surface area (Å²) < 4.78 is 0. The molecule has 0 saturated heterocycles. The van der Waals surface area contributed by atoms with Crippen molar-refractivity contribution in [2.45, 2.75) is 45.2 Å². The Hall–Kier alpha value is -0.870. The summed E-state index contributed by atoms with van der Waals surface area (Å²) in [6.45, 7) is 5.87. The van der Waals surface area contributed by atoms with E-state index < -0.39 is 5.54 Å². The van der Waals surface area contributed by atoms with Gasteiger partial charge in [-0.2, -0.15) is 0 Å². The van der Waals surface area contributed by atoms with Gasteiger partial charge >= 0.3 is 0 Å². The predicted molar refractivity (Wildman–Crippen MR) is 68.4 cm³/mol. The molecule has 0 radical (unpaired) electrons. The van der Waals surface area contributed by atoms with Crippen LogP contribution < -0.4 is 11.1 Å². The van der Waals surface area contributed by atoms with Crippen molar-refractivity contribution in [3.05, 3.63) is 22.4 Å². The number of thiophene rings is 1. The highest BCUT2D eigenvalue weighted by molar-refractivity contribution is 7.10. The van der Waals surface area contributed by atoms with Crippen molar-refractivity contribution in [3.8, 4) is 0 Å². The van der Waals surface area contributed by atoms with Gasteiger partial charge < -0.3 is 11.1 Å². The largest absolute Gasteiger partial charge is 0.347 e. The Balaban J connectivity index is 2.64. The van der Waals surface area contributed by atoms with Crippen LogP contribution in [-0.4, -0.2) is 11.4 Å². The van der Waals surface area contributed by atoms with Crippen molar-refractivity contribution in [3.63, 3.8) is 0 Å². The number of amides is 1. The minimum atomic E-state index is -0.731. The van der Waals surface area contributed by atoms with Gasteiger partial charge in [-0.15, -0.1) is 11.3 Å². The number of carbonyl (C=O) groups is 1. The Kier molecular flexibility index (Phi) is 4.50. The summed E-state index contributed by atoms with van der Waals surface area (Å²) >= 11 is 1.64. The molecule has 1 amide bonds. The second-order valence-electron chi connectivity index (χ2n) is 4.07. The van der Waals surface area contributed by atoms with Gasteiger partial charge in [0.2, 0.25) is 5.91 Å². The predicted octanol–water partition coefficient (Wildman–Crippen LogP) is 2.44. The van der Waals surface area contributed by atoms with Crippen LogP contribution in [0.1, 0.15) is 44.5 Å². The average Bonchev–Trinajstić information content (AvgIpc) is 2.81. The standard InChI is InChI=1S/C12H20N2OS/c1-4-12(13,5-2)11(15)14-9(3)10-7-6-8-16-10/h6-9H,4-5,13H2,1-3H3,(H,14,15)/t9-/m1/s1. The van der Waals surface area contributed by atoms with Crippen molar-refractivity contribution in [1.29, 1.82) is 0 Å². The van der Waals surface area contributed by atoms with Gasteiger partial charge in [0.1, 0.15) is 0 Å². The minimum Gasteiger partial charge on any atom is -0.347 e. The van der Waals surface area contributed by atoms with Gasteiger partial charge in [-0.1, -0.05) is 19.9 Å². The fourth-order valence-corrected chi connectivity index (χ4v) is 2.25. The summed E-state index contributed by atoms with van der Waals surface area (Å²) in [5.74, 6) is -0.0570. The molecule has 0 aliphatic heterocycles. The van der Waals surface area contributed by atoms with Crippen molar-refractivity contribution >= 4 is 17.2 Å². The number of hydrogen-bond acceptors (Lipinski definition) is 3. The lowest BCUT2D eigenvalue weighted by atomic mass is 9.93. The Morgan fingerprint density at radius 3 is 2.62 bits per heavy atom. The zero-order chi connectivity index (χ0) is 12.2. The van der Waals surface area contributed by atoms with Crippen LogP contribution in [0, 0.1) is 0 Å². The topological polar surface area (TPSA) is 55.1 Å². The van der Waals surface area contributed by atoms with Crippen molar-refractivity contribution in [2.75, 3.05) is 0 Å². The van der Waals surface area contributed by atoms with Gasteiger partial charge in [0.15, 0.2) is 0 Å². The van der Waals surface area contributed by atoms with E-state index in [1.54, 1.807) is 11.3 Å². The van der Waals surface area contributed by atoms with Crippen LogP contribution in [0.3, 0.4) is 0 Å². The number of nitrogens with two attached hydrogens (primary N) is 1. The number of rotatable bonds is 5. The van der Waals surface area contributed by atoms with Gasteiger partial charge in [0.25, 0.3) is 0 Å². The van der Waals surface area contributed by atoms with Crippen LogP contribution in [0.2, 0.25) is 0 Å². The molecule has 4 heteroatoms. The van der Waals surface area contributed by atoms with E-state index in [9.17, 15) is 4.79 Å². The fraction of sp³-hybridized carbons (Fsp3) is 0.583. The summed E-state index contributed by atoms with van der Waals surface area (Å²) in [6.07, 6.45) is 1.32. The molecule has 16 heavy (non-hydrogen) atoms. The SMILES string of the molecule is CCC(N)(CC)C(=O)N[C@H](C)c1cccs1. The third kappa shape index (κ3) is 2.83. The molecule has 0 aliphatic rings. The van der Waals surface area contributed by atoms with Gasteiger partial charge in [-0.25, -0.2) is 0 Å². The van der Waals surface area contributed by atoms with Gasteiger partial charge in [-0.3, -0.25) is 4.79 Å². The number of carbonyl (C=O) groups excluding carboxylic acids is 1. The van der Waals surface area contributed by atoms with Gasteiger partial charge in [-0.05, 0) is 31.2 Å². The zero-order valence-corrected chi connectivity index (χ0v) is 10.9. The second kappa shape index (κ2) is 5.46. The average molecular weight is 240 g/mol. The van der Waals surface area contributed by atoms with Crippen LogP contribution in [0.25, 0.3) is 0 Å². The molecule has 3 nitrogen and oxygen atoms in total. The molecule has 0 saturated carbocycles. The maximum absolute atomic E-state index is 12.0. The van der Waals surface area contributed by atoms with E-state index in [1.165, 1.54) is 0 Å². The lowest BCUT2D eigenvalue weighted by Crippen LogP contribution is -2.53. The first-order chi connectivity index (χ1) is 7.53. The molecule has 1 aromatic heterocycles. The maximum atomic E-state index is 12.0. The van der Waals surface area contributed by atoms with Crippen LogP contribution >= 0.6 is 11.3 Å². The zero-order valence-electron chi connectivity index (χ0n) is 10.1. The Morgan fingerprint density at radius 1 is 1.56 bits per heavy atom. The molecule has 0 aliphatic carbocycles. The smallest absolute Gasteiger partial charge is 0.240 e. The summed E-state index contributed by atoms with van der Waals surface area (Å²) in [5, 5.41) is 4.98. The Morgan fingerprint density at radius 2 is 2.19 bits per heavy atom. The second-order valence-corrected chi connectivity index (χ2v) is 5.05. The molecule has 1 heterocycles. The first-order valence-electron chi connectivity index (χ1n) is 5.66. The van der Waals surface area contributed by atoms with E-state index in [4.69, 9.17) is 5.73 Å². The molecular formula is C12H20N2OS. The van der Waals surface area contributed by atoms with Crippen LogP contribution in [0.4, 0.5) is 0 Å². The molecule has 0 bridgehead atoms. The van der Waals surface area contributed by atoms with Crippen LogP contribution in [0.5, 0.6) is 0 Å². The van der Waals surface area contributed by atoms with E-state index in [0.717, 1.165) is 4.88 Å². The Labute approximate surface area is 101 Å². The van der Waals surface area contributed by atoms with Crippen molar-refractivity contribution in [2.24, 2.45) is 5.73 Å². The third-order valence-electron chi connectivity index (χ3n) is 3.03. The Bertz CT molecular complexity index is 331. The van der Waals surface area contributed by atoms with Crippen molar-refractivity contribution in [1.82, 2.24) is 5.32 Å². The van der Waals surface area contributed by atoms with Crippen LogP contribution in [-0.2, 0) is 4.79 Å². The van der Waals surface area contributed by atoms with E-state index in [-0.39, 0.29) is 11.9 Å². The monoisotopic (exact) mass is 240 g/mol.